The summed E-state index contributed by atoms with van der Waals surface area (Å²) in [6.45, 7) is 6.80. The van der Waals surface area contributed by atoms with Gasteiger partial charge >= 0.3 is 0 Å². The fraction of sp³-hybridized carbons (Fsp3) is 0.357. The smallest absolute Gasteiger partial charge is 0.293 e. The van der Waals surface area contributed by atoms with Crippen LogP contribution in [0.5, 0.6) is 0 Å². The van der Waals surface area contributed by atoms with E-state index in [4.69, 9.17) is 5.10 Å². The molecule has 6 rings (SSSR count). The van der Waals surface area contributed by atoms with Gasteiger partial charge in [-0.2, -0.15) is 10.2 Å². The topological polar surface area (TPSA) is 76.3 Å². The molecule has 0 spiro atoms. The summed E-state index contributed by atoms with van der Waals surface area (Å²) in [5.41, 5.74) is 5.34. The number of fused-ring (bicyclic) bond motifs is 1. The maximum atomic E-state index is 13.7. The number of anilines is 1. The number of amides is 1. The van der Waals surface area contributed by atoms with Crippen LogP contribution in [0.4, 0.5) is 5.69 Å². The van der Waals surface area contributed by atoms with Crippen molar-refractivity contribution in [2.75, 3.05) is 31.1 Å². The predicted molar refractivity (Wildman–Crippen MR) is 140 cm³/mol. The van der Waals surface area contributed by atoms with Crippen molar-refractivity contribution in [1.29, 1.82) is 0 Å². The first kappa shape index (κ1) is 22.5. The summed E-state index contributed by atoms with van der Waals surface area (Å²) >= 11 is 0. The summed E-state index contributed by atoms with van der Waals surface area (Å²) in [4.78, 5) is 31.1. The Balaban J connectivity index is 1.30. The van der Waals surface area contributed by atoms with Crippen LogP contribution in [-0.4, -0.2) is 56.5 Å². The van der Waals surface area contributed by atoms with Gasteiger partial charge in [0.25, 0.3) is 5.56 Å². The maximum Gasteiger partial charge on any atom is 0.293 e. The van der Waals surface area contributed by atoms with E-state index in [0.29, 0.717) is 24.5 Å². The molecule has 8 nitrogen and oxygen atoms in total. The molecular formula is C28H30N6O2. The summed E-state index contributed by atoms with van der Waals surface area (Å²) < 4.78 is 3.09. The molecule has 2 aromatic heterocycles. The van der Waals surface area contributed by atoms with Crippen LogP contribution >= 0.6 is 0 Å². The minimum absolute atomic E-state index is 0.0576. The first-order valence-electron chi connectivity index (χ1n) is 12.6. The molecule has 0 bridgehead atoms. The van der Waals surface area contributed by atoms with Crippen LogP contribution in [0.2, 0.25) is 0 Å². The highest BCUT2D eigenvalue weighted by Crippen LogP contribution is 2.41. The number of aromatic nitrogens is 4. The standard InChI is InChI=1S/C28H30N6O2/c1-19-8-11-24(20(2)16-19)34-27-23(17-29-34)26(21-9-10-21)30-33(28(27)36)18-25(35)32-14-12-31(13-15-32)22-6-4-3-5-7-22/h3-8,11,16-17,21H,9-10,12-15,18H2,1-2H3. The van der Waals surface area contributed by atoms with Crippen molar-refractivity contribution in [1.82, 2.24) is 24.5 Å². The molecular weight excluding hydrogens is 452 g/mol. The van der Waals surface area contributed by atoms with Gasteiger partial charge in [-0.3, -0.25) is 9.59 Å². The third kappa shape index (κ3) is 4.06. The summed E-state index contributed by atoms with van der Waals surface area (Å²) in [6, 6.07) is 16.4. The second-order valence-corrected chi connectivity index (χ2v) is 9.93. The molecule has 0 radical (unpaired) electrons. The fourth-order valence-electron chi connectivity index (χ4n) is 5.17. The zero-order valence-corrected chi connectivity index (χ0v) is 20.7. The maximum absolute atomic E-state index is 13.7. The van der Waals surface area contributed by atoms with Gasteiger partial charge in [-0.1, -0.05) is 35.9 Å². The van der Waals surface area contributed by atoms with Gasteiger partial charge in [0.1, 0.15) is 12.1 Å². The number of hydrogen-bond donors (Lipinski definition) is 0. The molecule has 4 aromatic rings. The minimum Gasteiger partial charge on any atom is -0.368 e. The number of rotatable bonds is 5. The number of aryl methyl sites for hydroxylation is 2. The van der Waals surface area contributed by atoms with Crippen molar-refractivity contribution < 1.29 is 4.79 Å². The molecule has 1 aliphatic heterocycles. The van der Waals surface area contributed by atoms with Gasteiger partial charge in [0.15, 0.2) is 0 Å². The molecule has 2 aromatic carbocycles. The van der Waals surface area contributed by atoms with Crippen molar-refractivity contribution in [2.24, 2.45) is 0 Å². The van der Waals surface area contributed by atoms with E-state index >= 15 is 0 Å². The molecule has 2 fully saturated rings. The molecule has 8 heteroatoms. The zero-order chi connectivity index (χ0) is 24.8. The predicted octanol–water partition coefficient (Wildman–Crippen LogP) is 3.43. The van der Waals surface area contributed by atoms with Crippen LogP contribution in [0.3, 0.4) is 0 Å². The molecule has 2 aliphatic rings. The van der Waals surface area contributed by atoms with Gasteiger partial charge < -0.3 is 9.80 Å². The highest BCUT2D eigenvalue weighted by molar-refractivity contribution is 5.83. The lowest BCUT2D eigenvalue weighted by molar-refractivity contribution is -0.132. The van der Waals surface area contributed by atoms with E-state index in [1.54, 1.807) is 10.9 Å². The molecule has 36 heavy (non-hydrogen) atoms. The van der Waals surface area contributed by atoms with Gasteiger partial charge in [0, 0.05) is 43.2 Å². The van der Waals surface area contributed by atoms with E-state index in [9.17, 15) is 9.59 Å². The Bertz CT molecular complexity index is 1490. The Labute approximate surface area is 209 Å². The van der Waals surface area contributed by atoms with Gasteiger partial charge in [-0.25, -0.2) is 9.36 Å². The number of para-hydroxylation sites is 1. The summed E-state index contributed by atoms with van der Waals surface area (Å²) in [7, 11) is 0. The lowest BCUT2D eigenvalue weighted by Gasteiger charge is -2.36. The van der Waals surface area contributed by atoms with Crippen molar-refractivity contribution in [3.8, 4) is 5.69 Å². The van der Waals surface area contributed by atoms with E-state index in [0.717, 1.165) is 53.8 Å². The molecule has 0 unspecified atom stereocenters. The van der Waals surface area contributed by atoms with Crippen molar-refractivity contribution in [3.05, 3.63) is 81.9 Å². The SMILES string of the molecule is Cc1ccc(-n2ncc3c(C4CC4)nn(CC(=O)N4CCN(c5ccccc5)CC4)c(=O)c32)c(C)c1. The van der Waals surface area contributed by atoms with E-state index in [1.165, 1.54) is 10.4 Å². The van der Waals surface area contributed by atoms with Gasteiger partial charge in [-0.15, -0.1) is 0 Å². The molecule has 1 saturated carbocycles. The number of nitrogens with zero attached hydrogens (tertiary/aromatic N) is 6. The summed E-state index contributed by atoms with van der Waals surface area (Å²) in [5.74, 6) is 0.247. The minimum atomic E-state index is -0.275. The second kappa shape index (κ2) is 8.93. The summed E-state index contributed by atoms with van der Waals surface area (Å²) in [5, 5.41) is 10.1. The highest BCUT2D eigenvalue weighted by Gasteiger charge is 2.31. The van der Waals surface area contributed by atoms with E-state index < -0.39 is 0 Å². The van der Waals surface area contributed by atoms with E-state index in [2.05, 4.69) is 28.2 Å². The zero-order valence-electron chi connectivity index (χ0n) is 20.7. The van der Waals surface area contributed by atoms with Crippen LogP contribution in [0.25, 0.3) is 16.6 Å². The molecule has 1 saturated heterocycles. The molecule has 1 aliphatic carbocycles. The molecule has 0 N–H and O–H groups in total. The summed E-state index contributed by atoms with van der Waals surface area (Å²) in [6.07, 6.45) is 3.85. The Morgan fingerprint density at radius 1 is 1.00 bits per heavy atom. The number of carbonyl (C=O) groups excluding carboxylic acids is 1. The fourth-order valence-corrected chi connectivity index (χ4v) is 5.17. The van der Waals surface area contributed by atoms with Crippen LogP contribution in [0.1, 0.15) is 35.6 Å². The average molecular weight is 483 g/mol. The van der Waals surface area contributed by atoms with Gasteiger partial charge in [-0.05, 0) is 50.5 Å². The number of carbonyl (C=O) groups is 1. The van der Waals surface area contributed by atoms with Gasteiger partial charge in [0.2, 0.25) is 5.91 Å². The van der Waals surface area contributed by atoms with Crippen LogP contribution in [0.15, 0.2) is 59.5 Å². The van der Waals surface area contributed by atoms with Crippen LogP contribution in [-0.2, 0) is 11.3 Å². The molecule has 1 amide bonds. The normalized spacial score (nSPS) is 16.1. The number of piperazine rings is 1. The van der Waals surface area contributed by atoms with Crippen molar-refractivity contribution in [3.63, 3.8) is 0 Å². The lowest BCUT2D eigenvalue weighted by Crippen LogP contribution is -2.50. The average Bonchev–Trinajstić information content (AvgIpc) is 3.64. The molecule has 3 heterocycles. The van der Waals surface area contributed by atoms with E-state index in [1.807, 2.05) is 49.1 Å². The first-order chi connectivity index (χ1) is 17.5. The monoisotopic (exact) mass is 482 g/mol. The number of benzene rings is 2. The lowest BCUT2D eigenvalue weighted by atomic mass is 10.1. The molecule has 184 valence electrons. The van der Waals surface area contributed by atoms with Crippen molar-refractivity contribution in [2.45, 2.75) is 39.2 Å². The molecule has 0 atom stereocenters. The second-order valence-electron chi connectivity index (χ2n) is 9.93. The van der Waals surface area contributed by atoms with Crippen molar-refractivity contribution >= 4 is 22.5 Å². The Hall–Kier alpha value is -3.94. The third-order valence-corrected chi connectivity index (χ3v) is 7.29. The number of hydrogen-bond acceptors (Lipinski definition) is 5. The Kier molecular flexibility index (Phi) is 5.59. The third-order valence-electron chi connectivity index (χ3n) is 7.29. The Morgan fingerprint density at radius 2 is 1.75 bits per heavy atom. The quantitative estimate of drug-likeness (QED) is 0.436. The van der Waals surface area contributed by atoms with E-state index in [-0.39, 0.29) is 18.0 Å². The van der Waals surface area contributed by atoms with Crippen LogP contribution < -0.4 is 10.5 Å². The first-order valence-corrected chi connectivity index (χ1v) is 12.6. The largest absolute Gasteiger partial charge is 0.368 e. The van der Waals surface area contributed by atoms with Crippen LogP contribution in [0, 0.1) is 13.8 Å². The highest BCUT2D eigenvalue weighted by atomic mass is 16.2. The Morgan fingerprint density at radius 3 is 2.44 bits per heavy atom. The van der Waals surface area contributed by atoms with Gasteiger partial charge in [0.05, 0.1) is 17.6 Å².